The third-order valence-corrected chi connectivity index (χ3v) is 3.60. The van der Waals surface area contributed by atoms with Gasteiger partial charge in [-0.3, -0.25) is 4.79 Å². The Bertz CT molecular complexity index is 370. The molecule has 0 spiro atoms. The lowest BCUT2D eigenvalue weighted by Gasteiger charge is -2.27. The van der Waals surface area contributed by atoms with E-state index in [0.717, 1.165) is 12.0 Å². The van der Waals surface area contributed by atoms with Gasteiger partial charge in [-0.05, 0) is 30.4 Å². The van der Waals surface area contributed by atoms with Gasteiger partial charge >= 0.3 is 0 Å². The molecule has 86 valence electrons. The highest BCUT2D eigenvalue weighted by Crippen LogP contribution is 2.37. The molecule has 1 unspecified atom stereocenters. The van der Waals surface area contributed by atoms with Gasteiger partial charge in [0.2, 0.25) is 0 Å². The molecule has 1 aliphatic rings. The molecule has 1 atom stereocenters. The van der Waals surface area contributed by atoms with E-state index in [1.807, 2.05) is 30.3 Å². The van der Waals surface area contributed by atoms with Gasteiger partial charge in [0.1, 0.15) is 0 Å². The zero-order valence-corrected chi connectivity index (χ0v) is 9.99. The Morgan fingerprint density at radius 2 is 2.00 bits per heavy atom. The van der Waals surface area contributed by atoms with E-state index in [1.165, 1.54) is 12.8 Å². The van der Waals surface area contributed by atoms with Gasteiger partial charge in [-0.1, -0.05) is 38.5 Å². The van der Waals surface area contributed by atoms with E-state index in [2.05, 4.69) is 19.2 Å². The standard InChI is InChI=1S/C14H19NO/c1-14(2)10-6-9-12(14)15-13(16)11-7-4-3-5-8-11/h3-5,7-8,12H,6,9-10H2,1-2H3,(H,15,16). The second kappa shape index (κ2) is 4.28. The van der Waals surface area contributed by atoms with Crippen LogP contribution in [-0.4, -0.2) is 11.9 Å². The first-order valence-electron chi connectivity index (χ1n) is 5.95. The van der Waals surface area contributed by atoms with Crippen LogP contribution < -0.4 is 5.32 Å². The Hall–Kier alpha value is -1.31. The average molecular weight is 217 g/mol. The predicted octanol–water partition coefficient (Wildman–Crippen LogP) is 3.00. The van der Waals surface area contributed by atoms with Crippen LogP contribution in [0.4, 0.5) is 0 Å². The van der Waals surface area contributed by atoms with E-state index in [9.17, 15) is 4.79 Å². The highest BCUT2D eigenvalue weighted by atomic mass is 16.1. The van der Waals surface area contributed by atoms with Crippen LogP contribution >= 0.6 is 0 Å². The van der Waals surface area contributed by atoms with Gasteiger partial charge in [0.05, 0.1) is 0 Å². The number of rotatable bonds is 2. The van der Waals surface area contributed by atoms with Crippen LogP contribution in [-0.2, 0) is 0 Å². The van der Waals surface area contributed by atoms with Crippen molar-refractivity contribution in [2.24, 2.45) is 5.41 Å². The number of nitrogens with one attached hydrogen (secondary N) is 1. The summed E-state index contributed by atoms with van der Waals surface area (Å²) in [4.78, 5) is 12.0. The van der Waals surface area contributed by atoms with Crippen molar-refractivity contribution in [2.75, 3.05) is 0 Å². The van der Waals surface area contributed by atoms with Crippen LogP contribution in [0.1, 0.15) is 43.5 Å². The van der Waals surface area contributed by atoms with E-state index in [1.54, 1.807) is 0 Å². The van der Waals surface area contributed by atoms with Crippen molar-refractivity contribution < 1.29 is 4.79 Å². The predicted molar refractivity (Wildman–Crippen MR) is 65.3 cm³/mol. The first-order chi connectivity index (χ1) is 7.59. The fourth-order valence-electron chi connectivity index (χ4n) is 2.43. The van der Waals surface area contributed by atoms with Crippen molar-refractivity contribution in [2.45, 2.75) is 39.2 Å². The molecule has 1 amide bonds. The normalized spacial score (nSPS) is 23.0. The summed E-state index contributed by atoms with van der Waals surface area (Å²) >= 11 is 0. The third kappa shape index (κ3) is 2.26. The van der Waals surface area contributed by atoms with Crippen molar-refractivity contribution in [1.29, 1.82) is 0 Å². The van der Waals surface area contributed by atoms with Crippen LogP contribution in [0.3, 0.4) is 0 Å². The number of carbonyl (C=O) groups excluding carboxylic acids is 1. The van der Waals surface area contributed by atoms with Gasteiger partial charge in [-0.25, -0.2) is 0 Å². The number of benzene rings is 1. The van der Waals surface area contributed by atoms with Crippen LogP contribution in [0.5, 0.6) is 0 Å². The maximum absolute atomic E-state index is 12.0. The molecule has 1 fully saturated rings. The minimum absolute atomic E-state index is 0.0561. The number of carbonyl (C=O) groups is 1. The Labute approximate surface area is 97.1 Å². The monoisotopic (exact) mass is 217 g/mol. The molecule has 0 saturated heterocycles. The summed E-state index contributed by atoms with van der Waals surface area (Å²) in [6, 6.07) is 9.76. The van der Waals surface area contributed by atoms with Crippen LogP contribution in [0.25, 0.3) is 0 Å². The van der Waals surface area contributed by atoms with Crippen LogP contribution in [0.2, 0.25) is 0 Å². The molecule has 1 aliphatic carbocycles. The molecule has 0 heterocycles. The fourth-order valence-corrected chi connectivity index (χ4v) is 2.43. The minimum atomic E-state index is 0.0561. The van der Waals surface area contributed by atoms with E-state index in [-0.39, 0.29) is 11.3 Å². The Balaban J connectivity index is 2.03. The molecule has 2 nitrogen and oxygen atoms in total. The molecule has 0 aliphatic heterocycles. The maximum Gasteiger partial charge on any atom is 0.251 e. The second-order valence-corrected chi connectivity index (χ2v) is 5.27. The number of amides is 1. The molecule has 0 bridgehead atoms. The topological polar surface area (TPSA) is 29.1 Å². The molecule has 1 saturated carbocycles. The van der Waals surface area contributed by atoms with Gasteiger partial charge in [0.15, 0.2) is 0 Å². The van der Waals surface area contributed by atoms with Gasteiger partial charge in [-0.2, -0.15) is 0 Å². The highest BCUT2D eigenvalue weighted by molar-refractivity contribution is 5.94. The van der Waals surface area contributed by atoms with E-state index in [0.29, 0.717) is 6.04 Å². The zero-order valence-electron chi connectivity index (χ0n) is 9.99. The Morgan fingerprint density at radius 1 is 1.31 bits per heavy atom. The average Bonchev–Trinajstić information content (AvgIpc) is 2.59. The van der Waals surface area contributed by atoms with Gasteiger partial charge in [0, 0.05) is 11.6 Å². The lowest BCUT2D eigenvalue weighted by Crippen LogP contribution is -2.41. The molecular weight excluding hydrogens is 198 g/mol. The molecule has 2 rings (SSSR count). The summed E-state index contributed by atoms with van der Waals surface area (Å²) in [6.45, 7) is 4.46. The third-order valence-electron chi connectivity index (χ3n) is 3.60. The summed E-state index contributed by atoms with van der Waals surface area (Å²) in [6.07, 6.45) is 3.52. The molecule has 0 radical (unpaired) electrons. The summed E-state index contributed by atoms with van der Waals surface area (Å²) in [5.41, 5.74) is 0.995. The minimum Gasteiger partial charge on any atom is -0.349 e. The molecule has 1 aromatic carbocycles. The van der Waals surface area contributed by atoms with Crippen molar-refractivity contribution >= 4 is 5.91 Å². The SMILES string of the molecule is CC1(C)CCCC1NC(=O)c1ccccc1. The van der Waals surface area contributed by atoms with Gasteiger partial charge in [0.25, 0.3) is 5.91 Å². The number of hydrogen-bond acceptors (Lipinski definition) is 1. The largest absolute Gasteiger partial charge is 0.349 e. The summed E-state index contributed by atoms with van der Waals surface area (Å²) in [5, 5.41) is 3.15. The Morgan fingerprint density at radius 3 is 2.56 bits per heavy atom. The summed E-state index contributed by atoms with van der Waals surface area (Å²) in [7, 11) is 0. The summed E-state index contributed by atoms with van der Waals surface area (Å²) in [5.74, 6) is 0.0561. The molecule has 0 aromatic heterocycles. The highest BCUT2D eigenvalue weighted by Gasteiger charge is 2.35. The lowest BCUT2D eigenvalue weighted by atomic mass is 9.87. The van der Waals surface area contributed by atoms with Crippen molar-refractivity contribution in [3.8, 4) is 0 Å². The fraction of sp³-hybridized carbons (Fsp3) is 0.500. The molecule has 2 heteroatoms. The Kier molecular flexibility index (Phi) is 2.99. The molecule has 1 N–H and O–H groups in total. The van der Waals surface area contributed by atoms with Crippen molar-refractivity contribution in [3.05, 3.63) is 35.9 Å². The quantitative estimate of drug-likeness (QED) is 0.810. The summed E-state index contributed by atoms with van der Waals surface area (Å²) < 4.78 is 0. The molecular formula is C14H19NO. The van der Waals surface area contributed by atoms with Crippen molar-refractivity contribution in [3.63, 3.8) is 0 Å². The number of hydrogen-bond donors (Lipinski definition) is 1. The van der Waals surface area contributed by atoms with E-state index < -0.39 is 0 Å². The molecule has 1 aromatic rings. The van der Waals surface area contributed by atoms with Gasteiger partial charge < -0.3 is 5.32 Å². The van der Waals surface area contributed by atoms with Crippen LogP contribution in [0.15, 0.2) is 30.3 Å². The van der Waals surface area contributed by atoms with Gasteiger partial charge in [-0.15, -0.1) is 0 Å². The first-order valence-corrected chi connectivity index (χ1v) is 5.95. The lowest BCUT2D eigenvalue weighted by molar-refractivity contribution is 0.0910. The van der Waals surface area contributed by atoms with Crippen molar-refractivity contribution in [1.82, 2.24) is 5.32 Å². The van der Waals surface area contributed by atoms with Crippen LogP contribution in [0, 0.1) is 5.41 Å². The zero-order chi connectivity index (χ0) is 11.6. The maximum atomic E-state index is 12.0. The van der Waals surface area contributed by atoms with E-state index in [4.69, 9.17) is 0 Å². The molecule has 16 heavy (non-hydrogen) atoms. The second-order valence-electron chi connectivity index (χ2n) is 5.27. The van der Waals surface area contributed by atoms with E-state index >= 15 is 0 Å². The first kappa shape index (κ1) is 11.2. The smallest absolute Gasteiger partial charge is 0.251 e.